The van der Waals surface area contributed by atoms with E-state index in [2.05, 4.69) is 30.0 Å². The van der Waals surface area contributed by atoms with E-state index in [0.29, 0.717) is 12.5 Å². The molecule has 0 aliphatic rings. The molecule has 0 atom stereocenters. The average Bonchev–Trinajstić information content (AvgIpc) is 2.61. The number of hydrogen-bond donors (Lipinski definition) is 1. The van der Waals surface area contributed by atoms with E-state index in [1.165, 1.54) is 5.56 Å². The van der Waals surface area contributed by atoms with Crippen molar-refractivity contribution in [3.05, 3.63) is 29.8 Å². The summed E-state index contributed by atoms with van der Waals surface area (Å²) in [5, 5.41) is 0. The number of imidazole rings is 1. The molecule has 0 bridgehead atoms. The Morgan fingerprint density at radius 1 is 1.33 bits per heavy atom. The average molecular weight is 204 g/mol. The third kappa shape index (κ3) is 1.85. The molecule has 0 spiro atoms. The number of hydrogen-bond acceptors (Lipinski definition) is 3. The van der Waals surface area contributed by atoms with Gasteiger partial charge in [0.05, 0.1) is 6.20 Å². The zero-order valence-electron chi connectivity index (χ0n) is 9.14. The second-order valence-electron chi connectivity index (χ2n) is 4.00. The van der Waals surface area contributed by atoms with E-state index in [-0.39, 0.29) is 0 Å². The van der Waals surface area contributed by atoms with Crippen LogP contribution in [0.25, 0.3) is 5.78 Å². The fraction of sp³-hybridized carbons (Fsp3) is 0.455. The van der Waals surface area contributed by atoms with E-state index in [4.69, 9.17) is 5.73 Å². The first kappa shape index (κ1) is 10.1. The first-order chi connectivity index (χ1) is 7.22. The molecule has 0 aromatic carbocycles. The first-order valence-corrected chi connectivity index (χ1v) is 5.24. The van der Waals surface area contributed by atoms with Crippen molar-refractivity contribution in [1.82, 2.24) is 14.4 Å². The molecule has 0 fully saturated rings. The maximum atomic E-state index is 5.55. The highest BCUT2D eigenvalue weighted by Crippen LogP contribution is 2.14. The van der Waals surface area contributed by atoms with Gasteiger partial charge in [-0.3, -0.25) is 4.40 Å². The summed E-state index contributed by atoms with van der Waals surface area (Å²) in [5.41, 5.74) is 7.90. The Morgan fingerprint density at radius 3 is 2.73 bits per heavy atom. The van der Waals surface area contributed by atoms with Crippen LogP contribution < -0.4 is 5.73 Å². The summed E-state index contributed by atoms with van der Waals surface area (Å²) in [6, 6.07) is 0. The number of aromatic nitrogens is 3. The van der Waals surface area contributed by atoms with Gasteiger partial charge < -0.3 is 5.73 Å². The van der Waals surface area contributed by atoms with E-state index in [0.717, 1.165) is 17.9 Å². The van der Waals surface area contributed by atoms with E-state index >= 15 is 0 Å². The Kier molecular flexibility index (Phi) is 2.68. The van der Waals surface area contributed by atoms with Crippen molar-refractivity contribution >= 4 is 5.78 Å². The zero-order valence-corrected chi connectivity index (χ0v) is 9.14. The van der Waals surface area contributed by atoms with Gasteiger partial charge in [0.15, 0.2) is 0 Å². The monoisotopic (exact) mass is 204 g/mol. The Hall–Kier alpha value is -1.42. The largest absolute Gasteiger partial charge is 0.330 e. The summed E-state index contributed by atoms with van der Waals surface area (Å²) in [5.74, 6) is 1.23. The maximum Gasteiger partial charge on any atom is 0.233 e. The second-order valence-corrected chi connectivity index (χ2v) is 4.00. The van der Waals surface area contributed by atoms with Gasteiger partial charge in [-0.25, -0.2) is 9.97 Å². The molecule has 0 saturated carbocycles. The van der Waals surface area contributed by atoms with Crippen LogP contribution >= 0.6 is 0 Å². The number of nitrogens with two attached hydrogens (primary N) is 1. The number of fused-ring (bicyclic) bond motifs is 1. The molecule has 0 radical (unpaired) electrons. The molecule has 0 saturated heterocycles. The summed E-state index contributed by atoms with van der Waals surface area (Å²) in [4.78, 5) is 8.55. The molecule has 2 N–H and O–H groups in total. The van der Waals surface area contributed by atoms with Gasteiger partial charge in [-0.15, -0.1) is 0 Å². The van der Waals surface area contributed by atoms with Gasteiger partial charge in [0.2, 0.25) is 5.78 Å². The Morgan fingerprint density at radius 2 is 2.07 bits per heavy atom. The molecule has 2 heterocycles. The van der Waals surface area contributed by atoms with Gasteiger partial charge in [0, 0.05) is 24.5 Å². The SMILES string of the molecule is CC(C)c1cnc2ncc(CCN)n2c1. The number of rotatable bonds is 3. The van der Waals surface area contributed by atoms with Crippen LogP contribution in [-0.2, 0) is 6.42 Å². The standard InChI is InChI=1S/C11H16N4/c1-8(2)9-5-13-11-14-6-10(3-4-12)15(11)7-9/h5-8H,3-4,12H2,1-2H3. The molecule has 4 heteroatoms. The Labute approximate surface area is 89.2 Å². The highest BCUT2D eigenvalue weighted by atomic mass is 15.1. The molecule has 0 unspecified atom stereocenters. The topological polar surface area (TPSA) is 56.2 Å². The smallest absolute Gasteiger partial charge is 0.233 e. The fourth-order valence-corrected chi connectivity index (χ4v) is 1.57. The van der Waals surface area contributed by atoms with Gasteiger partial charge in [-0.2, -0.15) is 0 Å². The molecule has 0 amide bonds. The molecule has 0 aliphatic heterocycles. The lowest BCUT2D eigenvalue weighted by Crippen LogP contribution is -2.06. The maximum absolute atomic E-state index is 5.55. The van der Waals surface area contributed by atoms with Crippen LogP contribution in [0.5, 0.6) is 0 Å². The van der Waals surface area contributed by atoms with Crippen LogP contribution in [0.2, 0.25) is 0 Å². The van der Waals surface area contributed by atoms with E-state index < -0.39 is 0 Å². The quantitative estimate of drug-likeness (QED) is 0.821. The van der Waals surface area contributed by atoms with Crippen LogP contribution in [0.4, 0.5) is 0 Å². The van der Waals surface area contributed by atoms with Crippen LogP contribution in [0.3, 0.4) is 0 Å². The molecule has 4 nitrogen and oxygen atoms in total. The van der Waals surface area contributed by atoms with Crippen LogP contribution in [0, 0.1) is 0 Å². The second kappa shape index (κ2) is 3.98. The van der Waals surface area contributed by atoms with Crippen LogP contribution in [0.15, 0.2) is 18.6 Å². The van der Waals surface area contributed by atoms with Gasteiger partial charge in [-0.05, 0) is 18.0 Å². The zero-order chi connectivity index (χ0) is 10.8. The van der Waals surface area contributed by atoms with Crippen molar-refractivity contribution in [2.75, 3.05) is 6.54 Å². The van der Waals surface area contributed by atoms with E-state index in [9.17, 15) is 0 Å². The normalized spacial score (nSPS) is 11.5. The Balaban J connectivity index is 2.51. The molecule has 0 aliphatic carbocycles. The third-order valence-corrected chi connectivity index (χ3v) is 2.53. The molecule has 15 heavy (non-hydrogen) atoms. The minimum Gasteiger partial charge on any atom is -0.330 e. The first-order valence-electron chi connectivity index (χ1n) is 5.24. The fourth-order valence-electron chi connectivity index (χ4n) is 1.57. The predicted molar refractivity (Wildman–Crippen MR) is 59.8 cm³/mol. The van der Waals surface area contributed by atoms with Crippen molar-refractivity contribution in [3.8, 4) is 0 Å². The summed E-state index contributed by atoms with van der Waals surface area (Å²) in [6.07, 6.45) is 6.67. The summed E-state index contributed by atoms with van der Waals surface area (Å²) in [6.45, 7) is 4.95. The van der Waals surface area contributed by atoms with Crippen molar-refractivity contribution in [2.45, 2.75) is 26.2 Å². The van der Waals surface area contributed by atoms with Crippen molar-refractivity contribution < 1.29 is 0 Å². The minimum absolute atomic E-state index is 0.482. The van der Waals surface area contributed by atoms with Crippen LogP contribution in [0.1, 0.15) is 31.0 Å². The molecule has 2 rings (SSSR count). The third-order valence-electron chi connectivity index (χ3n) is 2.53. The number of nitrogens with zero attached hydrogens (tertiary/aromatic N) is 3. The molecular formula is C11H16N4. The predicted octanol–water partition coefficient (Wildman–Crippen LogP) is 1.35. The minimum atomic E-state index is 0.482. The summed E-state index contributed by atoms with van der Waals surface area (Å²) in [7, 11) is 0. The summed E-state index contributed by atoms with van der Waals surface area (Å²) < 4.78 is 2.03. The molecule has 80 valence electrons. The van der Waals surface area contributed by atoms with Gasteiger partial charge in [0.1, 0.15) is 0 Å². The Bertz CT molecular complexity index is 459. The summed E-state index contributed by atoms with van der Waals surface area (Å²) >= 11 is 0. The van der Waals surface area contributed by atoms with E-state index in [1.807, 2.05) is 16.8 Å². The lowest BCUT2D eigenvalue weighted by Gasteiger charge is -2.06. The molecule has 2 aromatic heterocycles. The van der Waals surface area contributed by atoms with Gasteiger partial charge in [0.25, 0.3) is 0 Å². The highest BCUT2D eigenvalue weighted by Gasteiger charge is 2.06. The van der Waals surface area contributed by atoms with Gasteiger partial charge in [-0.1, -0.05) is 13.8 Å². The van der Waals surface area contributed by atoms with E-state index in [1.54, 1.807) is 0 Å². The van der Waals surface area contributed by atoms with Crippen molar-refractivity contribution in [1.29, 1.82) is 0 Å². The highest BCUT2D eigenvalue weighted by molar-refractivity contribution is 5.33. The lowest BCUT2D eigenvalue weighted by atomic mass is 10.1. The lowest BCUT2D eigenvalue weighted by molar-refractivity contribution is 0.827. The van der Waals surface area contributed by atoms with Crippen molar-refractivity contribution in [3.63, 3.8) is 0 Å². The molecular weight excluding hydrogens is 188 g/mol. The van der Waals surface area contributed by atoms with Crippen LogP contribution in [-0.4, -0.2) is 20.9 Å². The van der Waals surface area contributed by atoms with Gasteiger partial charge >= 0.3 is 0 Å². The van der Waals surface area contributed by atoms with Crippen molar-refractivity contribution in [2.24, 2.45) is 5.73 Å². The molecule has 2 aromatic rings.